The molecule has 0 aliphatic carbocycles. The third-order valence-corrected chi connectivity index (χ3v) is 4.29. The monoisotopic (exact) mass is 374 g/mol. The summed E-state index contributed by atoms with van der Waals surface area (Å²) in [5, 5.41) is 13.6. The van der Waals surface area contributed by atoms with Crippen molar-refractivity contribution in [2.45, 2.75) is 12.8 Å². The molecule has 3 rings (SSSR count). The topological polar surface area (TPSA) is 71.4 Å². The van der Waals surface area contributed by atoms with E-state index < -0.39 is 0 Å². The van der Waals surface area contributed by atoms with Crippen molar-refractivity contribution < 1.29 is 14.3 Å². The number of amides is 1. The lowest BCUT2D eigenvalue weighted by molar-refractivity contribution is -0.120. The van der Waals surface area contributed by atoms with Crippen LogP contribution >= 0.6 is 0 Å². The van der Waals surface area contributed by atoms with Gasteiger partial charge in [0.05, 0.1) is 6.07 Å². The lowest BCUT2D eigenvalue weighted by Gasteiger charge is -2.15. The van der Waals surface area contributed by atoms with Gasteiger partial charge in [0.25, 0.3) is 0 Å². The molecular formula is C23H22N2O3. The molecule has 0 aromatic heterocycles. The number of para-hydroxylation sites is 1. The largest absolute Gasteiger partial charge is 0.490 e. The molecule has 0 saturated heterocycles. The maximum absolute atomic E-state index is 11.5. The highest BCUT2D eigenvalue weighted by molar-refractivity contribution is 5.88. The molecular weight excluding hydrogens is 352 g/mol. The molecule has 0 bridgehead atoms. The highest BCUT2D eigenvalue weighted by atomic mass is 16.5. The van der Waals surface area contributed by atoms with E-state index in [-0.39, 0.29) is 12.3 Å². The van der Waals surface area contributed by atoms with Gasteiger partial charge in [-0.2, -0.15) is 5.26 Å². The molecule has 0 fully saturated rings. The van der Waals surface area contributed by atoms with Crippen LogP contribution in [0.3, 0.4) is 0 Å². The molecule has 0 aliphatic rings. The minimum absolute atomic E-state index is 0.129. The quantitative estimate of drug-likeness (QED) is 0.577. The van der Waals surface area contributed by atoms with E-state index in [9.17, 15) is 4.79 Å². The number of benzene rings is 3. The second-order valence-corrected chi connectivity index (χ2v) is 6.21. The molecule has 0 heterocycles. The van der Waals surface area contributed by atoms with Crippen molar-refractivity contribution in [3.8, 4) is 17.6 Å². The summed E-state index contributed by atoms with van der Waals surface area (Å²) >= 11 is 0. The number of carbonyl (C=O) groups excluding carboxylic acids is 1. The van der Waals surface area contributed by atoms with Gasteiger partial charge in [-0.05, 0) is 35.4 Å². The third kappa shape index (κ3) is 5.24. The van der Waals surface area contributed by atoms with Gasteiger partial charge in [0.15, 0.2) is 0 Å². The van der Waals surface area contributed by atoms with Gasteiger partial charge >= 0.3 is 0 Å². The van der Waals surface area contributed by atoms with Crippen molar-refractivity contribution in [3.05, 3.63) is 72.3 Å². The number of fused-ring (bicyclic) bond motifs is 1. The number of hydrogen-bond donors (Lipinski definition) is 1. The molecule has 0 radical (unpaired) electrons. The first-order valence-corrected chi connectivity index (χ1v) is 9.23. The predicted molar refractivity (Wildman–Crippen MR) is 108 cm³/mol. The Bertz CT molecular complexity index is 964. The second kappa shape index (κ2) is 9.98. The van der Waals surface area contributed by atoms with Crippen LogP contribution in [0.2, 0.25) is 0 Å². The maximum atomic E-state index is 11.5. The smallest absolute Gasteiger partial charge is 0.234 e. The van der Waals surface area contributed by atoms with Crippen LogP contribution in [0.5, 0.6) is 11.5 Å². The van der Waals surface area contributed by atoms with Gasteiger partial charge in [0.1, 0.15) is 31.1 Å². The van der Waals surface area contributed by atoms with Crippen LogP contribution in [0.1, 0.15) is 12.0 Å². The van der Waals surface area contributed by atoms with Crippen LogP contribution in [0.15, 0.2) is 66.7 Å². The van der Waals surface area contributed by atoms with E-state index in [0.717, 1.165) is 27.8 Å². The predicted octanol–water partition coefficient (Wildman–Crippen LogP) is 3.87. The molecule has 0 spiro atoms. The Morgan fingerprint density at radius 3 is 2.50 bits per heavy atom. The van der Waals surface area contributed by atoms with E-state index in [2.05, 4.69) is 17.4 Å². The molecule has 5 nitrogen and oxygen atoms in total. The van der Waals surface area contributed by atoms with Crippen molar-refractivity contribution in [1.82, 2.24) is 5.32 Å². The fourth-order valence-corrected chi connectivity index (χ4v) is 3.00. The fourth-order valence-electron chi connectivity index (χ4n) is 3.00. The van der Waals surface area contributed by atoms with Crippen molar-refractivity contribution in [3.63, 3.8) is 0 Å². The molecule has 5 heteroatoms. The van der Waals surface area contributed by atoms with Crippen molar-refractivity contribution >= 4 is 16.7 Å². The Labute approximate surface area is 164 Å². The highest BCUT2D eigenvalue weighted by Crippen LogP contribution is 2.28. The fraction of sp³-hybridized carbons (Fsp3) is 0.217. The number of nitriles is 1. The first-order chi connectivity index (χ1) is 13.8. The van der Waals surface area contributed by atoms with Crippen molar-refractivity contribution in [1.29, 1.82) is 5.26 Å². The average molecular weight is 374 g/mol. The van der Waals surface area contributed by atoms with Gasteiger partial charge in [0.2, 0.25) is 5.91 Å². The van der Waals surface area contributed by atoms with Crippen LogP contribution in [0, 0.1) is 11.3 Å². The molecule has 0 saturated carbocycles. The summed E-state index contributed by atoms with van der Waals surface area (Å²) in [7, 11) is 0. The minimum atomic E-state index is -0.263. The summed E-state index contributed by atoms with van der Waals surface area (Å²) in [5.74, 6) is 1.33. The normalized spacial score (nSPS) is 10.2. The number of hydrogen-bond acceptors (Lipinski definition) is 4. The van der Waals surface area contributed by atoms with Crippen LogP contribution < -0.4 is 14.8 Å². The molecule has 28 heavy (non-hydrogen) atoms. The second-order valence-electron chi connectivity index (χ2n) is 6.21. The Kier molecular flexibility index (Phi) is 6.86. The van der Waals surface area contributed by atoms with Crippen molar-refractivity contribution in [2.24, 2.45) is 0 Å². The van der Waals surface area contributed by atoms with Gasteiger partial charge in [-0.15, -0.1) is 0 Å². The molecule has 0 atom stereocenters. The van der Waals surface area contributed by atoms with Crippen LogP contribution in [-0.4, -0.2) is 25.7 Å². The molecule has 0 unspecified atom stereocenters. The zero-order valence-corrected chi connectivity index (χ0v) is 15.6. The summed E-state index contributed by atoms with van der Waals surface area (Å²) in [5.41, 5.74) is 1.04. The number of carbonyl (C=O) groups is 1. The first-order valence-electron chi connectivity index (χ1n) is 9.23. The maximum Gasteiger partial charge on any atom is 0.234 e. The molecule has 0 aliphatic heterocycles. The highest BCUT2D eigenvalue weighted by Gasteiger charge is 2.10. The Hall–Kier alpha value is -3.52. The lowest BCUT2D eigenvalue weighted by Crippen LogP contribution is -2.25. The standard InChI is InChI=1S/C23H22N2O3/c24-14-12-23(26)25-15-13-21-20-9-5-4-6-18(20)10-11-22(21)28-17-16-27-19-7-2-1-3-8-19/h1-11H,12-13,15-17H2,(H,25,26). The van der Waals surface area contributed by atoms with Crippen LogP contribution in [0.4, 0.5) is 0 Å². The van der Waals surface area contributed by atoms with Gasteiger partial charge in [-0.1, -0.05) is 48.5 Å². The molecule has 1 amide bonds. The number of rotatable bonds is 9. The Morgan fingerprint density at radius 1 is 0.929 bits per heavy atom. The third-order valence-electron chi connectivity index (χ3n) is 4.29. The van der Waals surface area contributed by atoms with E-state index in [1.165, 1.54) is 0 Å². The van der Waals surface area contributed by atoms with Gasteiger partial charge in [-0.25, -0.2) is 0 Å². The SMILES string of the molecule is N#CCC(=O)NCCc1c(OCCOc2ccccc2)ccc2ccccc12. The number of ether oxygens (including phenoxy) is 2. The zero-order chi connectivity index (χ0) is 19.6. The van der Waals surface area contributed by atoms with Crippen LogP contribution in [0.25, 0.3) is 10.8 Å². The average Bonchev–Trinajstić information content (AvgIpc) is 2.73. The van der Waals surface area contributed by atoms with E-state index in [0.29, 0.717) is 26.2 Å². The summed E-state index contributed by atoms with van der Waals surface area (Å²) in [4.78, 5) is 11.5. The number of nitrogens with one attached hydrogen (secondary N) is 1. The summed E-state index contributed by atoms with van der Waals surface area (Å²) in [6.07, 6.45) is 0.489. The van der Waals surface area contributed by atoms with Gasteiger partial charge < -0.3 is 14.8 Å². The summed E-state index contributed by atoms with van der Waals surface area (Å²) in [6.45, 7) is 1.31. The van der Waals surface area contributed by atoms with E-state index in [4.69, 9.17) is 14.7 Å². The van der Waals surface area contributed by atoms with E-state index >= 15 is 0 Å². The van der Waals surface area contributed by atoms with Gasteiger partial charge in [0, 0.05) is 12.1 Å². The van der Waals surface area contributed by atoms with E-state index in [1.54, 1.807) is 0 Å². The molecule has 142 valence electrons. The summed E-state index contributed by atoms with van der Waals surface area (Å²) in [6, 6.07) is 23.5. The Balaban J connectivity index is 1.66. The summed E-state index contributed by atoms with van der Waals surface area (Å²) < 4.78 is 11.7. The Morgan fingerprint density at radius 2 is 1.68 bits per heavy atom. The minimum Gasteiger partial charge on any atom is -0.490 e. The first kappa shape index (κ1) is 19.2. The molecule has 3 aromatic rings. The lowest BCUT2D eigenvalue weighted by atomic mass is 10.0. The van der Waals surface area contributed by atoms with Crippen molar-refractivity contribution in [2.75, 3.05) is 19.8 Å². The number of nitrogens with zero attached hydrogens (tertiary/aromatic N) is 1. The molecule has 3 aromatic carbocycles. The van der Waals surface area contributed by atoms with E-state index in [1.807, 2.05) is 60.7 Å². The zero-order valence-electron chi connectivity index (χ0n) is 15.6. The van der Waals surface area contributed by atoms with Crippen LogP contribution in [-0.2, 0) is 11.2 Å². The molecule has 1 N–H and O–H groups in total. The van der Waals surface area contributed by atoms with Gasteiger partial charge in [-0.3, -0.25) is 4.79 Å².